The highest BCUT2D eigenvalue weighted by Gasteiger charge is 2.25. The third kappa shape index (κ3) is 3.54. The number of carbonyl (C=O) groups is 1. The number of aryl methyl sites for hydroxylation is 1. The molecular weight excluding hydrogens is 318 g/mol. The minimum atomic E-state index is -0.765. The predicted octanol–water partition coefficient (Wildman–Crippen LogP) is 2.49. The Kier molecular flexibility index (Phi) is 4.77. The van der Waals surface area contributed by atoms with E-state index in [1.54, 1.807) is 11.3 Å². The van der Waals surface area contributed by atoms with Crippen molar-refractivity contribution in [1.29, 1.82) is 0 Å². The van der Waals surface area contributed by atoms with Crippen LogP contribution in [0.5, 0.6) is 0 Å². The van der Waals surface area contributed by atoms with Crippen molar-refractivity contribution in [3.05, 3.63) is 20.3 Å². The minimum Gasteiger partial charge on any atom is -0.481 e. The van der Waals surface area contributed by atoms with Gasteiger partial charge in [-0.05, 0) is 28.9 Å². The Balaban J connectivity index is 2.02. The molecule has 1 aromatic rings. The molecule has 1 N–H and O–H groups in total. The Hall–Kier alpha value is -0.430. The second-order valence-electron chi connectivity index (χ2n) is 4.41. The molecule has 2 heterocycles. The molecule has 1 fully saturated rings. The molecule has 0 bridgehead atoms. The average Bonchev–Trinajstić information content (AvgIpc) is 2.60. The molecule has 0 aliphatic carbocycles. The molecule has 2 rings (SSSR count). The highest BCUT2D eigenvalue weighted by Crippen LogP contribution is 2.28. The van der Waals surface area contributed by atoms with Crippen LogP contribution in [0, 0.1) is 6.92 Å². The summed E-state index contributed by atoms with van der Waals surface area (Å²) in [7, 11) is 0. The summed E-state index contributed by atoms with van der Waals surface area (Å²) in [5.41, 5.74) is 0. The van der Waals surface area contributed by atoms with Gasteiger partial charge < -0.3 is 9.84 Å². The number of thiophene rings is 1. The topological polar surface area (TPSA) is 49.8 Å². The molecule has 0 radical (unpaired) electrons. The molecule has 6 heteroatoms. The molecule has 1 aromatic heterocycles. The summed E-state index contributed by atoms with van der Waals surface area (Å²) in [6.45, 7) is 4.87. The number of rotatable bonds is 4. The molecule has 4 nitrogen and oxygen atoms in total. The largest absolute Gasteiger partial charge is 0.481 e. The van der Waals surface area contributed by atoms with Crippen LogP contribution in [0.2, 0.25) is 0 Å². The van der Waals surface area contributed by atoms with Crippen LogP contribution in [0.15, 0.2) is 10.5 Å². The summed E-state index contributed by atoms with van der Waals surface area (Å²) in [5, 5.41) is 8.91. The first-order chi connectivity index (χ1) is 8.56. The van der Waals surface area contributed by atoms with Crippen LogP contribution in [0.25, 0.3) is 0 Å². The Bertz CT molecular complexity index is 415. The van der Waals surface area contributed by atoms with Crippen molar-refractivity contribution in [2.75, 3.05) is 19.8 Å². The van der Waals surface area contributed by atoms with Gasteiger partial charge in [0.2, 0.25) is 0 Å². The SMILES string of the molecule is Cc1sc(CN2CCOCC2CC(=O)O)cc1Br. The maximum atomic E-state index is 10.8. The molecule has 0 aromatic carbocycles. The number of hydrogen-bond donors (Lipinski definition) is 1. The van der Waals surface area contributed by atoms with Gasteiger partial charge in [0.05, 0.1) is 19.6 Å². The standard InChI is InChI=1S/C12H16BrNO3S/c1-8-11(13)5-10(18-8)6-14-2-3-17-7-9(14)4-12(15)16/h5,9H,2-4,6-7H2,1H3,(H,15,16). The van der Waals surface area contributed by atoms with Crippen LogP contribution in [0.4, 0.5) is 0 Å². The molecule has 1 atom stereocenters. The van der Waals surface area contributed by atoms with Gasteiger partial charge in [0.15, 0.2) is 0 Å². The molecule has 1 unspecified atom stereocenters. The first-order valence-electron chi connectivity index (χ1n) is 5.84. The predicted molar refractivity (Wildman–Crippen MR) is 74.0 cm³/mol. The number of nitrogens with zero attached hydrogens (tertiary/aromatic N) is 1. The van der Waals surface area contributed by atoms with Gasteiger partial charge in [0.1, 0.15) is 0 Å². The van der Waals surface area contributed by atoms with E-state index in [4.69, 9.17) is 9.84 Å². The quantitative estimate of drug-likeness (QED) is 0.919. The number of carboxylic acid groups (broad SMARTS) is 1. The van der Waals surface area contributed by atoms with Gasteiger partial charge in [-0.25, -0.2) is 0 Å². The van der Waals surface area contributed by atoms with E-state index in [-0.39, 0.29) is 12.5 Å². The zero-order valence-corrected chi connectivity index (χ0v) is 12.6. The van der Waals surface area contributed by atoms with Crippen molar-refractivity contribution < 1.29 is 14.6 Å². The molecule has 1 saturated heterocycles. The second-order valence-corrected chi connectivity index (χ2v) is 6.61. The van der Waals surface area contributed by atoms with Crippen molar-refractivity contribution in [1.82, 2.24) is 4.90 Å². The van der Waals surface area contributed by atoms with Gasteiger partial charge >= 0.3 is 5.97 Å². The fourth-order valence-electron chi connectivity index (χ4n) is 2.08. The van der Waals surface area contributed by atoms with Crippen molar-refractivity contribution >= 4 is 33.2 Å². The van der Waals surface area contributed by atoms with E-state index < -0.39 is 5.97 Å². The molecule has 18 heavy (non-hydrogen) atoms. The van der Waals surface area contributed by atoms with E-state index in [1.807, 2.05) is 0 Å². The Morgan fingerprint density at radius 1 is 1.72 bits per heavy atom. The molecule has 1 aliphatic heterocycles. The zero-order valence-electron chi connectivity index (χ0n) is 10.2. The first kappa shape index (κ1) is 14.0. The van der Waals surface area contributed by atoms with Gasteiger partial charge in [0.25, 0.3) is 0 Å². The van der Waals surface area contributed by atoms with Crippen LogP contribution in [-0.4, -0.2) is 41.8 Å². The van der Waals surface area contributed by atoms with Gasteiger partial charge in [-0.3, -0.25) is 9.69 Å². The number of aliphatic carboxylic acids is 1. The number of carboxylic acids is 1. The lowest BCUT2D eigenvalue weighted by atomic mass is 10.1. The summed E-state index contributed by atoms with van der Waals surface area (Å²) in [6.07, 6.45) is 0.144. The normalized spacial score (nSPS) is 21.1. The van der Waals surface area contributed by atoms with Crippen LogP contribution >= 0.6 is 27.3 Å². The minimum absolute atomic E-state index is 0.0163. The summed E-state index contributed by atoms with van der Waals surface area (Å²) in [6, 6.07) is 2.10. The summed E-state index contributed by atoms with van der Waals surface area (Å²) in [5.74, 6) is -0.765. The lowest BCUT2D eigenvalue weighted by Crippen LogP contribution is -2.45. The van der Waals surface area contributed by atoms with Crippen molar-refractivity contribution in [2.24, 2.45) is 0 Å². The number of ether oxygens (including phenoxy) is 1. The van der Waals surface area contributed by atoms with Crippen LogP contribution in [-0.2, 0) is 16.1 Å². The van der Waals surface area contributed by atoms with E-state index in [2.05, 4.69) is 33.8 Å². The second kappa shape index (κ2) is 6.14. The van der Waals surface area contributed by atoms with Crippen LogP contribution in [0.1, 0.15) is 16.2 Å². The van der Waals surface area contributed by atoms with E-state index in [0.717, 1.165) is 17.6 Å². The van der Waals surface area contributed by atoms with E-state index in [1.165, 1.54) is 9.75 Å². The van der Waals surface area contributed by atoms with Crippen molar-refractivity contribution in [3.63, 3.8) is 0 Å². The lowest BCUT2D eigenvalue weighted by molar-refractivity contribution is -0.140. The molecule has 0 spiro atoms. The zero-order chi connectivity index (χ0) is 13.1. The molecule has 1 aliphatic rings. The third-order valence-electron chi connectivity index (χ3n) is 3.03. The third-order valence-corrected chi connectivity index (χ3v) is 5.15. The average molecular weight is 334 g/mol. The van der Waals surface area contributed by atoms with E-state index >= 15 is 0 Å². The monoisotopic (exact) mass is 333 g/mol. The van der Waals surface area contributed by atoms with Gasteiger partial charge in [-0.15, -0.1) is 11.3 Å². The Labute approximate surface area is 119 Å². The van der Waals surface area contributed by atoms with E-state index in [0.29, 0.717) is 13.2 Å². The van der Waals surface area contributed by atoms with Crippen molar-refractivity contribution in [3.8, 4) is 0 Å². The van der Waals surface area contributed by atoms with Gasteiger partial charge in [-0.1, -0.05) is 0 Å². The molecule has 100 valence electrons. The number of morpholine rings is 1. The smallest absolute Gasteiger partial charge is 0.305 e. The summed E-state index contributed by atoms with van der Waals surface area (Å²) < 4.78 is 6.50. The number of halogens is 1. The lowest BCUT2D eigenvalue weighted by Gasteiger charge is -2.34. The van der Waals surface area contributed by atoms with Gasteiger partial charge in [0, 0.05) is 33.4 Å². The van der Waals surface area contributed by atoms with Crippen molar-refractivity contribution in [2.45, 2.75) is 25.9 Å². The Morgan fingerprint density at radius 3 is 3.11 bits per heavy atom. The van der Waals surface area contributed by atoms with Gasteiger partial charge in [-0.2, -0.15) is 0 Å². The summed E-state index contributed by atoms with van der Waals surface area (Å²) >= 11 is 5.26. The molecule has 0 amide bonds. The maximum absolute atomic E-state index is 10.8. The first-order valence-corrected chi connectivity index (χ1v) is 7.45. The fraction of sp³-hybridized carbons (Fsp3) is 0.583. The maximum Gasteiger partial charge on any atom is 0.305 e. The highest BCUT2D eigenvalue weighted by molar-refractivity contribution is 9.10. The fourth-order valence-corrected chi connectivity index (χ4v) is 3.71. The highest BCUT2D eigenvalue weighted by atomic mass is 79.9. The van der Waals surface area contributed by atoms with E-state index in [9.17, 15) is 4.79 Å². The molecule has 0 saturated carbocycles. The number of hydrogen-bond acceptors (Lipinski definition) is 4. The molecular formula is C12H16BrNO3S. The Morgan fingerprint density at radius 2 is 2.50 bits per heavy atom. The van der Waals surface area contributed by atoms with Crippen LogP contribution < -0.4 is 0 Å². The summed E-state index contributed by atoms with van der Waals surface area (Å²) in [4.78, 5) is 15.6. The van der Waals surface area contributed by atoms with Crippen LogP contribution in [0.3, 0.4) is 0 Å².